The zero-order valence-electron chi connectivity index (χ0n) is 22.3. The Morgan fingerprint density at radius 1 is 1.08 bits per heavy atom. The molecule has 1 fully saturated rings. The van der Waals surface area contributed by atoms with Crippen LogP contribution < -0.4 is 10.6 Å². The molecule has 1 saturated carbocycles. The summed E-state index contributed by atoms with van der Waals surface area (Å²) in [5.41, 5.74) is 4.74. The number of nitrogens with one attached hydrogen (secondary N) is 2. The molecule has 2 amide bonds. The number of methoxy groups -OCH3 is 1. The first kappa shape index (κ1) is 25.7. The lowest BCUT2D eigenvalue weighted by Gasteiger charge is -2.22. The summed E-state index contributed by atoms with van der Waals surface area (Å²) >= 11 is 0. The van der Waals surface area contributed by atoms with Crippen molar-refractivity contribution in [1.82, 2.24) is 24.9 Å². The second kappa shape index (κ2) is 11.6. The van der Waals surface area contributed by atoms with Crippen LogP contribution in [0.1, 0.15) is 42.7 Å². The number of para-hydroxylation sites is 1. The molecule has 2 aromatic heterocycles. The van der Waals surface area contributed by atoms with Gasteiger partial charge in [0.15, 0.2) is 0 Å². The van der Waals surface area contributed by atoms with Gasteiger partial charge in [-0.1, -0.05) is 48.5 Å². The smallest absolute Gasteiger partial charge is 0.320 e. The van der Waals surface area contributed by atoms with Gasteiger partial charge in [-0.25, -0.2) is 9.48 Å². The van der Waals surface area contributed by atoms with Crippen molar-refractivity contribution in [2.45, 2.75) is 44.6 Å². The van der Waals surface area contributed by atoms with Crippen LogP contribution in [-0.4, -0.2) is 45.4 Å². The Bertz CT molecular complexity index is 1350. The summed E-state index contributed by atoms with van der Waals surface area (Å²) < 4.78 is 8.82. The predicted molar refractivity (Wildman–Crippen MR) is 149 cm³/mol. The number of hydrogen-bond donors (Lipinski definition) is 2. The predicted octanol–water partition coefficient (Wildman–Crippen LogP) is 5.69. The van der Waals surface area contributed by atoms with E-state index in [0.29, 0.717) is 11.7 Å². The largest absolute Gasteiger partial charge is 0.385 e. The van der Waals surface area contributed by atoms with Crippen molar-refractivity contribution in [2.75, 3.05) is 19.0 Å². The first-order chi connectivity index (χ1) is 18.5. The van der Waals surface area contributed by atoms with Crippen LogP contribution in [0.25, 0.3) is 16.9 Å². The van der Waals surface area contributed by atoms with E-state index in [1.54, 1.807) is 22.7 Å². The van der Waals surface area contributed by atoms with Crippen molar-refractivity contribution in [3.63, 3.8) is 0 Å². The topological polar surface area (TPSA) is 86.0 Å². The van der Waals surface area contributed by atoms with Crippen molar-refractivity contribution < 1.29 is 9.53 Å². The molecule has 1 aliphatic rings. The number of nitrogens with zero attached hydrogens (tertiary/aromatic N) is 4. The lowest BCUT2D eigenvalue weighted by Crippen LogP contribution is -2.40. The van der Waals surface area contributed by atoms with Gasteiger partial charge in [-0.3, -0.25) is 10.00 Å². The minimum absolute atomic E-state index is 0.0520. The van der Waals surface area contributed by atoms with Crippen LogP contribution in [0.4, 0.5) is 10.6 Å². The molecule has 2 heterocycles. The van der Waals surface area contributed by atoms with E-state index in [4.69, 9.17) is 9.84 Å². The van der Waals surface area contributed by atoms with Crippen LogP contribution in [0, 0.1) is 12.8 Å². The Hall–Kier alpha value is -3.91. The van der Waals surface area contributed by atoms with Crippen LogP contribution in [0.2, 0.25) is 0 Å². The normalized spacial score (nSPS) is 19.0. The number of urea groups is 1. The maximum Gasteiger partial charge on any atom is 0.320 e. The number of ether oxygens (including phenoxy) is 1. The number of aromatic nitrogens is 4. The summed E-state index contributed by atoms with van der Waals surface area (Å²) in [4.78, 5) is 13.5. The third-order valence-electron chi connectivity index (χ3n) is 7.50. The van der Waals surface area contributed by atoms with E-state index in [1.807, 2.05) is 56.6 Å². The van der Waals surface area contributed by atoms with Gasteiger partial charge in [0, 0.05) is 50.0 Å². The number of carbonyl (C=O) groups excluding carboxylic acids is 1. The number of rotatable bonds is 9. The summed E-state index contributed by atoms with van der Waals surface area (Å²) in [6, 6.07) is 20.2. The van der Waals surface area contributed by atoms with Crippen LogP contribution in [-0.2, 0) is 11.8 Å². The molecule has 0 spiro atoms. The lowest BCUT2D eigenvalue weighted by atomic mass is 9.93. The average molecular weight is 513 g/mol. The molecule has 0 unspecified atom stereocenters. The first-order valence-electron chi connectivity index (χ1n) is 13.3. The Labute approximate surface area is 224 Å². The summed E-state index contributed by atoms with van der Waals surface area (Å²) in [5.74, 6) is 1.48. The second-order valence-electron chi connectivity index (χ2n) is 10.2. The quantitative estimate of drug-likeness (QED) is 0.282. The minimum Gasteiger partial charge on any atom is -0.385 e. The van der Waals surface area contributed by atoms with Crippen molar-refractivity contribution in [3.8, 4) is 16.9 Å². The summed E-state index contributed by atoms with van der Waals surface area (Å²) in [7, 11) is 3.63. The van der Waals surface area contributed by atoms with Gasteiger partial charge in [0.25, 0.3) is 0 Å². The molecular weight excluding hydrogens is 476 g/mol. The van der Waals surface area contributed by atoms with Crippen LogP contribution in [0.15, 0.2) is 73.1 Å². The van der Waals surface area contributed by atoms with Gasteiger partial charge < -0.3 is 10.1 Å². The van der Waals surface area contributed by atoms with Crippen molar-refractivity contribution in [2.24, 2.45) is 13.0 Å². The molecule has 8 nitrogen and oxygen atoms in total. The van der Waals surface area contributed by atoms with Crippen LogP contribution >= 0.6 is 0 Å². The summed E-state index contributed by atoms with van der Waals surface area (Å²) in [6.07, 6.45) is 7.88. The van der Waals surface area contributed by atoms with E-state index in [0.717, 1.165) is 54.8 Å². The van der Waals surface area contributed by atoms with Gasteiger partial charge in [0.2, 0.25) is 0 Å². The standard InChI is InChI=1S/C30H36N6O2/c1-21-28(24-19-31-35(2)20-24)34-36(25-14-8-5-9-15-25)29(21)33-30(37)32-27-18-22(11-10-16-38-3)17-26(27)23-12-6-4-7-13-23/h4-9,12-15,19-20,22,26-27H,10-11,16-18H2,1-3H3,(H2,32,33,37)/t22-,26+,27-/m1/s1. The van der Waals surface area contributed by atoms with E-state index in [2.05, 4.69) is 40.0 Å². The molecule has 3 atom stereocenters. The molecule has 0 saturated heterocycles. The molecule has 198 valence electrons. The zero-order chi connectivity index (χ0) is 26.5. The second-order valence-corrected chi connectivity index (χ2v) is 10.2. The Morgan fingerprint density at radius 2 is 1.82 bits per heavy atom. The number of benzene rings is 2. The third kappa shape index (κ3) is 5.65. The molecule has 0 aliphatic heterocycles. The lowest BCUT2D eigenvalue weighted by molar-refractivity contribution is 0.186. The highest BCUT2D eigenvalue weighted by Crippen LogP contribution is 2.41. The van der Waals surface area contributed by atoms with Crippen molar-refractivity contribution >= 4 is 11.8 Å². The van der Waals surface area contributed by atoms with E-state index >= 15 is 0 Å². The Balaban J connectivity index is 1.39. The number of anilines is 1. The van der Waals surface area contributed by atoms with Gasteiger partial charge >= 0.3 is 6.03 Å². The molecule has 8 heteroatoms. The molecule has 2 aromatic carbocycles. The van der Waals surface area contributed by atoms with Gasteiger partial charge in [0.05, 0.1) is 11.9 Å². The van der Waals surface area contributed by atoms with Gasteiger partial charge in [-0.05, 0) is 56.2 Å². The monoisotopic (exact) mass is 512 g/mol. The van der Waals surface area contributed by atoms with Crippen LogP contribution in [0.3, 0.4) is 0 Å². The van der Waals surface area contributed by atoms with E-state index in [-0.39, 0.29) is 18.0 Å². The molecule has 2 N–H and O–H groups in total. The van der Waals surface area contributed by atoms with E-state index in [9.17, 15) is 4.79 Å². The number of carbonyl (C=O) groups is 1. The molecule has 4 aromatic rings. The molecule has 0 bridgehead atoms. The van der Waals surface area contributed by atoms with Crippen LogP contribution in [0.5, 0.6) is 0 Å². The zero-order valence-corrected chi connectivity index (χ0v) is 22.3. The number of hydrogen-bond acceptors (Lipinski definition) is 4. The van der Waals surface area contributed by atoms with E-state index in [1.165, 1.54) is 5.56 Å². The Morgan fingerprint density at radius 3 is 2.50 bits per heavy atom. The average Bonchev–Trinajstić information content (AvgIpc) is 3.63. The number of amides is 2. The fraction of sp³-hybridized carbons (Fsp3) is 0.367. The van der Waals surface area contributed by atoms with Crippen molar-refractivity contribution in [1.29, 1.82) is 0 Å². The maximum absolute atomic E-state index is 13.5. The van der Waals surface area contributed by atoms with Gasteiger partial charge in [-0.15, -0.1) is 0 Å². The van der Waals surface area contributed by atoms with Gasteiger partial charge in [0.1, 0.15) is 11.5 Å². The molecule has 1 aliphatic carbocycles. The first-order valence-corrected chi connectivity index (χ1v) is 13.3. The summed E-state index contributed by atoms with van der Waals surface area (Å²) in [6.45, 7) is 2.76. The molecule has 38 heavy (non-hydrogen) atoms. The number of aryl methyl sites for hydroxylation is 1. The van der Waals surface area contributed by atoms with E-state index < -0.39 is 0 Å². The maximum atomic E-state index is 13.5. The van der Waals surface area contributed by atoms with Gasteiger partial charge in [-0.2, -0.15) is 10.2 Å². The SMILES string of the molecule is COCCC[C@H]1C[C@@H](NC(=O)Nc2c(C)c(-c3cnn(C)c3)nn2-c2ccccc2)[C@H](c2ccccc2)C1. The fourth-order valence-corrected chi connectivity index (χ4v) is 5.65. The molecular formula is C30H36N6O2. The molecule has 0 radical (unpaired) electrons. The highest BCUT2D eigenvalue weighted by atomic mass is 16.5. The highest BCUT2D eigenvalue weighted by molar-refractivity contribution is 5.91. The summed E-state index contributed by atoms with van der Waals surface area (Å²) in [5, 5.41) is 15.6. The third-order valence-corrected chi connectivity index (χ3v) is 7.50. The molecule has 5 rings (SSSR count). The fourth-order valence-electron chi connectivity index (χ4n) is 5.65. The van der Waals surface area contributed by atoms with Crippen molar-refractivity contribution in [3.05, 3.63) is 84.2 Å². The Kier molecular flexibility index (Phi) is 7.89. The minimum atomic E-state index is -0.216. The highest BCUT2D eigenvalue weighted by Gasteiger charge is 2.36.